The van der Waals surface area contributed by atoms with Crippen molar-refractivity contribution in [3.05, 3.63) is 78.1 Å². The van der Waals surface area contributed by atoms with E-state index >= 15 is 0 Å². The summed E-state index contributed by atoms with van der Waals surface area (Å²) in [5.41, 5.74) is 2.77. The number of benzene rings is 2. The highest BCUT2D eigenvalue weighted by atomic mass is 19.1. The van der Waals surface area contributed by atoms with Crippen LogP contribution in [0.3, 0.4) is 0 Å². The third-order valence-electron chi connectivity index (χ3n) is 2.51. The molecule has 0 saturated heterocycles. The lowest BCUT2D eigenvalue weighted by Crippen LogP contribution is -1.89. The van der Waals surface area contributed by atoms with Gasteiger partial charge >= 0.3 is 0 Å². The summed E-state index contributed by atoms with van der Waals surface area (Å²) in [6.45, 7) is 0. The Kier molecular flexibility index (Phi) is 3.50. The molecule has 0 spiro atoms. The normalized spacial score (nSPS) is 11.4. The van der Waals surface area contributed by atoms with Crippen molar-refractivity contribution in [3.63, 3.8) is 0 Å². The lowest BCUT2D eigenvalue weighted by atomic mass is 10.00. The summed E-state index contributed by atoms with van der Waals surface area (Å²) >= 11 is 0. The van der Waals surface area contributed by atoms with Crippen LogP contribution in [-0.4, -0.2) is 0 Å². The SMILES string of the molecule is F/C=C(/Cc1ccccc1)c1ccccc1. The molecule has 0 aliphatic rings. The maximum Gasteiger partial charge on any atom is 0.0908 e. The standard InChI is InChI=1S/C15H13F/c16-12-15(14-9-5-2-6-10-14)11-13-7-3-1-4-8-13/h1-10,12H,11H2/b15-12-. The van der Waals surface area contributed by atoms with Crippen LogP contribution in [0.15, 0.2) is 67.0 Å². The average molecular weight is 212 g/mol. The molecule has 0 bridgehead atoms. The second kappa shape index (κ2) is 5.26. The molecule has 0 heterocycles. The Morgan fingerprint density at radius 3 is 2.00 bits per heavy atom. The number of rotatable bonds is 3. The van der Waals surface area contributed by atoms with Crippen molar-refractivity contribution in [1.82, 2.24) is 0 Å². The minimum atomic E-state index is 0.626. The molecule has 0 atom stereocenters. The van der Waals surface area contributed by atoms with E-state index in [0.717, 1.165) is 11.1 Å². The van der Waals surface area contributed by atoms with Crippen LogP contribution in [0.2, 0.25) is 0 Å². The molecule has 0 unspecified atom stereocenters. The van der Waals surface area contributed by atoms with Gasteiger partial charge in [0.25, 0.3) is 0 Å². The Balaban J connectivity index is 2.20. The summed E-state index contributed by atoms with van der Waals surface area (Å²) in [6.07, 6.45) is 1.32. The van der Waals surface area contributed by atoms with Gasteiger partial charge in [0.2, 0.25) is 0 Å². The monoisotopic (exact) mass is 212 g/mol. The molecule has 0 saturated carbocycles. The molecule has 2 aromatic rings. The number of halogens is 1. The van der Waals surface area contributed by atoms with Gasteiger partial charge in [-0.2, -0.15) is 0 Å². The van der Waals surface area contributed by atoms with Crippen LogP contribution in [0.4, 0.5) is 4.39 Å². The van der Waals surface area contributed by atoms with Gasteiger partial charge in [0.05, 0.1) is 6.33 Å². The number of allylic oxidation sites excluding steroid dienone is 1. The van der Waals surface area contributed by atoms with Gasteiger partial charge in [0.1, 0.15) is 0 Å². The second-order valence-corrected chi connectivity index (χ2v) is 3.66. The van der Waals surface area contributed by atoms with Crippen LogP contribution >= 0.6 is 0 Å². The van der Waals surface area contributed by atoms with Gasteiger partial charge in [-0.25, -0.2) is 4.39 Å². The van der Waals surface area contributed by atoms with Crippen molar-refractivity contribution in [3.8, 4) is 0 Å². The predicted octanol–water partition coefficient (Wildman–Crippen LogP) is 4.24. The van der Waals surface area contributed by atoms with E-state index in [0.29, 0.717) is 18.3 Å². The Labute approximate surface area is 95.1 Å². The molecule has 2 rings (SSSR count). The van der Waals surface area contributed by atoms with E-state index in [9.17, 15) is 4.39 Å². The first-order valence-electron chi connectivity index (χ1n) is 5.29. The summed E-state index contributed by atoms with van der Waals surface area (Å²) in [5.74, 6) is 0. The highest BCUT2D eigenvalue weighted by molar-refractivity contribution is 5.66. The molecule has 0 radical (unpaired) electrons. The van der Waals surface area contributed by atoms with Crippen LogP contribution in [0, 0.1) is 0 Å². The van der Waals surface area contributed by atoms with Gasteiger partial charge in [-0.3, -0.25) is 0 Å². The first-order valence-corrected chi connectivity index (χ1v) is 5.29. The molecule has 80 valence electrons. The fraction of sp³-hybridized carbons (Fsp3) is 0.0667. The van der Waals surface area contributed by atoms with Crippen molar-refractivity contribution in [1.29, 1.82) is 0 Å². The lowest BCUT2D eigenvalue weighted by Gasteiger charge is -2.05. The van der Waals surface area contributed by atoms with Crippen LogP contribution in [-0.2, 0) is 6.42 Å². The maximum absolute atomic E-state index is 12.9. The Morgan fingerprint density at radius 2 is 1.44 bits per heavy atom. The summed E-state index contributed by atoms with van der Waals surface area (Å²) in [7, 11) is 0. The molecule has 0 aromatic heterocycles. The van der Waals surface area contributed by atoms with Crippen LogP contribution in [0.1, 0.15) is 11.1 Å². The van der Waals surface area contributed by atoms with Crippen molar-refractivity contribution in [2.24, 2.45) is 0 Å². The molecule has 0 aliphatic heterocycles. The van der Waals surface area contributed by atoms with E-state index in [2.05, 4.69) is 0 Å². The molecule has 0 nitrogen and oxygen atoms in total. The summed E-state index contributed by atoms with van der Waals surface area (Å²) in [4.78, 5) is 0. The minimum Gasteiger partial charge on any atom is -0.215 e. The predicted molar refractivity (Wildman–Crippen MR) is 65.7 cm³/mol. The van der Waals surface area contributed by atoms with Crippen LogP contribution in [0.5, 0.6) is 0 Å². The second-order valence-electron chi connectivity index (χ2n) is 3.66. The molecule has 0 fully saturated rings. The molecule has 1 heteroatoms. The average Bonchev–Trinajstić information content (AvgIpc) is 2.38. The molecule has 2 aromatic carbocycles. The first-order chi connectivity index (χ1) is 7.90. The molecular formula is C15H13F. The van der Waals surface area contributed by atoms with E-state index in [1.54, 1.807) is 0 Å². The quantitative estimate of drug-likeness (QED) is 0.713. The van der Waals surface area contributed by atoms with Gasteiger partial charge in [-0.15, -0.1) is 0 Å². The minimum absolute atomic E-state index is 0.626. The Bertz CT molecular complexity index is 457. The maximum atomic E-state index is 12.9. The summed E-state index contributed by atoms with van der Waals surface area (Å²) in [6, 6.07) is 19.5. The lowest BCUT2D eigenvalue weighted by molar-refractivity contribution is 0.721. The van der Waals surface area contributed by atoms with Gasteiger partial charge in [-0.1, -0.05) is 60.7 Å². The van der Waals surface area contributed by atoms with E-state index in [4.69, 9.17) is 0 Å². The summed E-state index contributed by atoms with van der Waals surface area (Å²) < 4.78 is 12.9. The van der Waals surface area contributed by atoms with Gasteiger partial charge in [-0.05, 0) is 16.7 Å². The number of hydrogen-bond acceptors (Lipinski definition) is 0. The fourth-order valence-electron chi connectivity index (χ4n) is 1.67. The molecule has 16 heavy (non-hydrogen) atoms. The highest BCUT2D eigenvalue weighted by Crippen LogP contribution is 2.19. The van der Waals surface area contributed by atoms with E-state index in [1.807, 2.05) is 60.7 Å². The smallest absolute Gasteiger partial charge is 0.0908 e. The van der Waals surface area contributed by atoms with Gasteiger partial charge in [0.15, 0.2) is 0 Å². The van der Waals surface area contributed by atoms with Crippen molar-refractivity contribution >= 4 is 5.57 Å². The molecule has 0 amide bonds. The Hall–Kier alpha value is -1.89. The third-order valence-corrected chi connectivity index (χ3v) is 2.51. The van der Waals surface area contributed by atoms with Crippen LogP contribution < -0.4 is 0 Å². The highest BCUT2D eigenvalue weighted by Gasteiger charge is 2.02. The first kappa shape index (κ1) is 10.6. The Morgan fingerprint density at radius 1 is 0.875 bits per heavy atom. The number of hydrogen-bond donors (Lipinski definition) is 0. The topological polar surface area (TPSA) is 0 Å². The summed E-state index contributed by atoms with van der Waals surface area (Å²) in [5, 5.41) is 0. The largest absolute Gasteiger partial charge is 0.215 e. The third kappa shape index (κ3) is 2.57. The fourth-order valence-corrected chi connectivity index (χ4v) is 1.67. The molecule has 0 N–H and O–H groups in total. The van der Waals surface area contributed by atoms with E-state index < -0.39 is 0 Å². The van der Waals surface area contributed by atoms with Crippen molar-refractivity contribution in [2.75, 3.05) is 0 Å². The molecule has 0 aliphatic carbocycles. The zero-order valence-corrected chi connectivity index (χ0v) is 8.94. The van der Waals surface area contributed by atoms with E-state index in [-0.39, 0.29) is 0 Å². The van der Waals surface area contributed by atoms with Crippen molar-refractivity contribution in [2.45, 2.75) is 6.42 Å². The van der Waals surface area contributed by atoms with Crippen LogP contribution in [0.25, 0.3) is 5.57 Å². The zero-order chi connectivity index (χ0) is 11.2. The molecular weight excluding hydrogens is 199 g/mol. The van der Waals surface area contributed by atoms with Gasteiger partial charge < -0.3 is 0 Å². The van der Waals surface area contributed by atoms with E-state index in [1.165, 1.54) is 0 Å². The zero-order valence-electron chi connectivity index (χ0n) is 8.94. The van der Waals surface area contributed by atoms with Gasteiger partial charge in [0, 0.05) is 6.42 Å². The van der Waals surface area contributed by atoms with Crippen molar-refractivity contribution < 1.29 is 4.39 Å².